The van der Waals surface area contributed by atoms with E-state index in [1.165, 1.54) is 6.20 Å². The molecule has 3 aromatic heterocycles. The van der Waals surface area contributed by atoms with Gasteiger partial charge < -0.3 is 15.5 Å². The molecule has 28 heavy (non-hydrogen) atoms. The van der Waals surface area contributed by atoms with Crippen LogP contribution in [0.15, 0.2) is 24.7 Å². The Labute approximate surface area is 161 Å². The van der Waals surface area contributed by atoms with Crippen LogP contribution in [-0.4, -0.2) is 67.2 Å². The largest absolute Gasteiger partial charge is 0.364 e. The number of nitrogens with zero attached hydrogens (tertiary/aromatic N) is 7. The Morgan fingerprint density at radius 2 is 1.82 bits per heavy atom. The molecular weight excluding hydrogens is 360 g/mol. The van der Waals surface area contributed by atoms with Crippen molar-refractivity contribution in [2.75, 3.05) is 31.1 Å². The van der Waals surface area contributed by atoms with E-state index in [0.717, 1.165) is 5.69 Å². The third kappa shape index (κ3) is 3.24. The average molecular weight is 380 g/mol. The molecule has 1 aliphatic rings. The van der Waals surface area contributed by atoms with Gasteiger partial charge in [-0.05, 0) is 13.0 Å². The van der Waals surface area contributed by atoms with E-state index < -0.39 is 5.91 Å². The van der Waals surface area contributed by atoms with Crippen molar-refractivity contribution in [2.24, 2.45) is 5.73 Å². The topological polar surface area (TPSA) is 123 Å². The first-order valence-corrected chi connectivity index (χ1v) is 8.92. The first-order valence-electron chi connectivity index (χ1n) is 8.92. The van der Waals surface area contributed by atoms with E-state index in [9.17, 15) is 9.59 Å². The number of fused-ring (bicyclic) bond motifs is 1. The molecule has 2 N–H and O–H groups in total. The molecule has 0 aliphatic carbocycles. The summed E-state index contributed by atoms with van der Waals surface area (Å²) in [4.78, 5) is 44.5. The molecule has 4 rings (SSSR count). The number of anilines is 1. The van der Waals surface area contributed by atoms with Crippen LogP contribution in [0, 0.1) is 6.92 Å². The molecule has 0 unspecified atom stereocenters. The minimum absolute atomic E-state index is 0.0788. The summed E-state index contributed by atoms with van der Waals surface area (Å²) in [5, 5.41) is 0. The van der Waals surface area contributed by atoms with Gasteiger partial charge in [-0.25, -0.2) is 19.9 Å². The fourth-order valence-corrected chi connectivity index (χ4v) is 3.25. The number of aromatic nitrogens is 5. The van der Waals surface area contributed by atoms with Gasteiger partial charge in [-0.15, -0.1) is 0 Å². The predicted molar refractivity (Wildman–Crippen MR) is 102 cm³/mol. The summed E-state index contributed by atoms with van der Waals surface area (Å²) < 4.78 is 1.74. The lowest BCUT2D eigenvalue weighted by molar-refractivity contribution is -0.129. The molecule has 144 valence electrons. The highest BCUT2D eigenvalue weighted by molar-refractivity contribution is 5.90. The minimum Gasteiger partial charge on any atom is -0.364 e. The zero-order chi connectivity index (χ0) is 19.8. The van der Waals surface area contributed by atoms with E-state index in [-0.39, 0.29) is 11.6 Å². The van der Waals surface area contributed by atoms with Gasteiger partial charge >= 0.3 is 0 Å². The second-order valence-electron chi connectivity index (χ2n) is 6.70. The van der Waals surface area contributed by atoms with Gasteiger partial charge in [0, 0.05) is 45.0 Å². The van der Waals surface area contributed by atoms with Crippen LogP contribution >= 0.6 is 0 Å². The van der Waals surface area contributed by atoms with Crippen molar-refractivity contribution < 1.29 is 9.59 Å². The van der Waals surface area contributed by atoms with Crippen molar-refractivity contribution in [3.05, 3.63) is 36.0 Å². The number of hydrogen-bond acceptors (Lipinski definition) is 7. The number of piperazine rings is 1. The van der Waals surface area contributed by atoms with Crippen LogP contribution in [0.25, 0.3) is 17.0 Å². The van der Waals surface area contributed by atoms with E-state index in [2.05, 4.69) is 19.9 Å². The van der Waals surface area contributed by atoms with E-state index >= 15 is 0 Å². The molecule has 1 fully saturated rings. The number of rotatable bonds is 3. The van der Waals surface area contributed by atoms with Crippen molar-refractivity contribution >= 4 is 23.4 Å². The SMILES string of the molecule is CC(=O)N1CCN(c2nc(C)cc(-c3cnc4cnc(C(N)=O)cn34)n2)CC1. The molecule has 2 amide bonds. The summed E-state index contributed by atoms with van der Waals surface area (Å²) in [5.74, 6) is 0.0804. The molecule has 0 atom stereocenters. The van der Waals surface area contributed by atoms with Gasteiger partial charge in [0.15, 0.2) is 5.65 Å². The van der Waals surface area contributed by atoms with Crippen molar-refractivity contribution in [3.8, 4) is 11.4 Å². The molecule has 10 heteroatoms. The van der Waals surface area contributed by atoms with Crippen molar-refractivity contribution in [1.29, 1.82) is 0 Å². The van der Waals surface area contributed by atoms with Gasteiger partial charge in [0.05, 0.1) is 23.8 Å². The summed E-state index contributed by atoms with van der Waals surface area (Å²) in [6.07, 6.45) is 4.74. The van der Waals surface area contributed by atoms with Gasteiger partial charge in [-0.3, -0.25) is 14.0 Å². The van der Waals surface area contributed by atoms with Gasteiger partial charge in [-0.2, -0.15) is 0 Å². The Hall–Kier alpha value is -3.56. The van der Waals surface area contributed by atoms with E-state index in [1.807, 2.05) is 17.9 Å². The molecule has 1 saturated heterocycles. The molecule has 10 nitrogen and oxygen atoms in total. The highest BCUT2D eigenvalue weighted by atomic mass is 16.2. The summed E-state index contributed by atoms with van der Waals surface area (Å²) in [5.41, 5.74) is 8.30. The molecule has 0 spiro atoms. The normalized spacial score (nSPS) is 14.5. The van der Waals surface area contributed by atoms with E-state index in [1.54, 1.807) is 23.7 Å². The average Bonchev–Trinajstić information content (AvgIpc) is 3.10. The van der Waals surface area contributed by atoms with Gasteiger partial charge in [-0.1, -0.05) is 0 Å². The van der Waals surface area contributed by atoms with Crippen LogP contribution in [-0.2, 0) is 4.79 Å². The lowest BCUT2D eigenvalue weighted by atomic mass is 10.2. The fourth-order valence-electron chi connectivity index (χ4n) is 3.25. The third-order valence-electron chi connectivity index (χ3n) is 4.76. The number of carbonyl (C=O) groups excluding carboxylic acids is 2. The van der Waals surface area contributed by atoms with Crippen LogP contribution in [0.5, 0.6) is 0 Å². The number of primary amides is 1. The fraction of sp³-hybridized carbons (Fsp3) is 0.333. The number of aryl methyl sites for hydroxylation is 1. The Morgan fingerprint density at radius 3 is 2.50 bits per heavy atom. The highest BCUT2D eigenvalue weighted by Crippen LogP contribution is 2.22. The monoisotopic (exact) mass is 380 g/mol. The molecule has 4 heterocycles. The van der Waals surface area contributed by atoms with Gasteiger partial charge in [0.25, 0.3) is 5.91 Å². The zero-order valence-electron chi connectivity index (χ0n) is 15.7. The maximum absolute atomic E-state index is 11.5. The molecule has 1 aliphatic heterocycles. The predicted octanol–water partition coefficient (Wildman–Crippen LogP) is 0.262. The standard InChI is InChI=1S/C18H20N8O2/c1-11-7-13(15-8-21-16-9-20-14(17(19)28)10-26(15)16)23-18(22-11)25-5-3-24(4-6-25)12(2)27/h7-10H,3-6H2,1-2H3,(H2,19,28). The van der Waals surface area contributed by atoms with Crippen molar-refractivity contribution in [2.45, 2.75) is 13.8 Å². The Kier molecular flexibility index (Phi) is 4.38. The molecule has 0 saturated carbocycles. The van der Waals surface area contributed by atoms with Crippen LogP contribution in [0.2, 0.25) is 0 Å². The van der Waals surface area contributed by atoms with Crippen LogP contribution in [0.4, 0.5) is 5.95 Å². The van der Waals surface area contributed by atoms with Crippen LogP contribution in [0.3, 0.4) is 0 Å². The number of imidazole rings is 1. The third-order valence-corrected chi connectivity index (χ3v) is 4.76. The van der Waals surface area contributed by atoms with Crippen molar-refractivity contribution in [3.63, 3.8) is 0 Å². The second kappa shape index (κ2) is 6.87. The molecule has 0 aromatic carbocycles. The quantitative estimate of drug-likeness (QED) is 0.691. The number of nitrogens with two attached hydrogens (primary N) is 1. The van der Waals surface area contributed by atoms with Gasteiger partial charge in [0.1, 0.15) is 5.69 Å². The first-order chi connectivity index (χ1) is 13.4. The smallest absolute Gasteiger partial charge is 0.268 e. The highest BCUT2D eigenvalue weighted by Gasteiger charge is 2.21. The van der Waals surface area contributed by atoms with E-state index in [4.69, 9.17) is 10.7 Å². The Bertz CT molecular complexity index is 1070. The molecule has 3 aromatic rings. The maximum Gasteiger partial charge on any atom is 0.268 e. The summed E-state index contributed by atoms with van der Waals surface area (Å²) in [7, 11) is 0. The second-order valence-corrected chi connectivity index (χ2v) is 6.70. The molecule has 0 bridgehead atoms. The van der Waals surface area contributed by atoms with Gasteiger partial charge in [0.2, 0.25) is 11.9 Å². The number of hydrogen-bond donors (Lipinski definition) is 1. The number of amides is 2. The summed E-state index contributed by atoms with van der Waals surface area (Å²) in [6, 6.07) is 1.86. The number of carbonyl (C=O) groups is 2. The zero-order valence-corrected chi connectivity index (χ0v) is 15.7. The summed E-state index contributed by atoms with van der Waals surface area (Å²) in [6.45, 7) is 6.12. The lowest BCUT2D eigenvalue weighted by Gasteiger charge is -2.34. The Balaban J connectivity index is 1.70. The maximum atomic E-state index is 11.5. The van der Waals surface area contributed by atoms with Crippen LogP contribution < -0.4 is 10.6 Å². The Morgan fingerprint density at radius 1 is 1.07 bits per heavy atom. The summed E-state index contributed by atoms with van der Waals surface area (Å²) >= 11 is 0. The minimum atomic E-state index is -0.607. The first kappa shape index (κ1) is 17.8. The molecular formula is C18H20N8O2. The van der Waals surface area contributed by atoms with Crippen LogP contribution in [0.1, 0.15) is 23.1 Å². The van der Waals surface area contributed by atoms with Crippen molar-refractivity contribution in [1.82, 2.24) is 29.2 Å². The lowest BCUT2D eigenvalue weighted by Crippen LogP contribution is -2.48. The molecule has 0 radical (unpaired) electrons. The van der Waals surface area contributed by atoms with E-state index in [0.29, 0.717) is 49.2 Å².